The molecule has 0 bridgehead atoms. The van der Waals surface area contributed by atoms with E-state index in [1.807, 2.05) is 6.07 Å². The molecule has 0 aromatic heterocycles. The van der Waals surface area contributed by atoms with E-state index in [9.17, 15) is 14.4 Å². The molecule has 2 aromatic rings. The van der Waals surface area contributed by atoms with Crippen LogP contribution in [0.25, 0.3) is 0 Å². The van der Waals surface area contributed by atoms with Crippen molar-refractivity contribution in [1.29, 1.82) is 0 Å². The van der Waals surface area contributed by atoms with E-state index in [1.165, 1.54) is 10.5 Å². The number of amides is 3. The maximum atomic E-state index is 13.1. The molecule has 2 aromatic carbocycles. The average Bonchev–Trinajstić information content (AvgIpc) is 3.20. The number of fused-ring (bicyclic) bond motifs is 1. The third kappa shape index (κ3) is 4.93. The first-order valence-corrected chi connectivity index (χ1v) is 12.0. The fourth-order valence-corrected chi connectivity index (χ4v) is 4.92. The van der Waals surface area contributed by atoms with Gasteiger partial charge in [-0.1, -0.05) is 30.3 Å². The fourth-order valence-electron chi connectivity index (χ4n) is 4.92. The standard InChI is InChI=1S/C26H30N4O5/c27-13-19-5-6-20-21(15-30(26(20)33)22-7-8-23(31)28-25(22)32)24(19)35-16-18-3-1-17(2-4-18)14-29-9-11-34-12-10-29/h1-6,22H,7-16,27H2,(H,28,31,32). The van der Waals surface area contributed by atoms with E-state index in [0.717, 1.165) is 49.5 Å². The summed E-state index contributed by atoms with van der Waals surface area (Å²) in [6.45, 7) is 5.21. The first-order chi connectivity index (χ1) is 17.0. The van der Waals surface area contributed by atoms with E-state index >= 15 is 0 Å². The van der Waals surface area contributed by atoms with E-state index < -0.39 is 11.9 Å². The van der Waals surface area contributed by atoms with E-state index in [0.29, 0.717) is 24.3 Å². The molecule has 9 nitrogen and oxygen atoms in total. The molecule has 35 heavy (non-hydrogen) atoms. The quantitative estimate of drug-likeness (QED) is 0.577. The summed E-state index contributed by atoms with van der Waals surface area (Å²) < 4.78 is 11.6. The molecule has 3 aliphatic rings. The van der Waals surface area contributed by atoms with Crippen LogP contribution in [0, 0.1) is 0 Å². The van der Waals surface area contributed by atoms with Gasteiger partial charge >= 0.3 is 0 Å². The lowest BCUT2D eigenvalue weighted by Gasteiger charge is -2.29. The Morgan fingerprint density at radius 2 is 1.77 bits per heavy atom. The summed E-state index contributed by atoms with van der Waals surface area (Å²) in [6.07, 6.45) is 0.538. The molecule has 3 aliphatic heterocycles. The van der Waals surface area contributed by atoms with Crippen molar-refractivity contribution >= 4 is 17.7 Å². The molecule has 3 amide bonds. The zero-order valence-corrected chi connectivity index (χ0v) is 19.6. The van der Waals surface area contributed by atoms with Crippen LogP contribution in [0.2, 0.25) is 0 Å². The second-order valence-corrected chi connectivity index (χ2v) is 9.18. The molecular formula is C26H30N4O5. The van der Waals surface area contributed by atoms with Gasteiger partial charge in [0.25, 0.3) is 5.91 Å². The molecule has 5 rings (SSSR count). The number of hydrogen-bond donors (Lipinski definition) is 2. The molecule has 2 fully saturated rings. The molecule has 1 atom stereocenters. The van der Waals surface area contributed by atoms with Crippen LogP contribution in [0.4, 0.5) is 0 Å². The predicted molar refractivity (Wildman–Crippen MR) is 127 cm³/mol. The number of morpholine rings is 1. The smallest absolute Gasteiger partial charge is 0.255 e. The maximum Gasteiger partial charge on any atom is 0.255 e. The van der Waals surface area contributed by atoms with Gasteiger partial charge in [0.05, 0.1) is 19.8 Å². The first kappa shape index (κ1) is 23.5. The molecule has 1 unspecified atom stereocenters. The van der Waals surface area contributed by atoms with Gasteiger partial charge in [-0.2, -0.15) is 0 Å². The van der Waals surface area contributed by atoms with Gasteiger partial charge in [0.2, 0.25) is 11.8 Å². The monoisotopic (exact) mass is 478 g/mol. The lowest BCUT2D eigenvalue weighted by atomic mass is 10.0. The van der Waals surface area contributed by atoms with Gasteiger partial charge in [-0.15, -0.1) is 0 Å². The summed E-state index contributed by atoms with van der Waals surface area (Å²) >= 11 is 0. The van der Waals surface area contributed by atoms with Crippen molar-refractivity contribution in [1.82, 2.24) is 15.1 Å². The molecular weight excluding hydrogens is 448 g/mol. The number of nitrogens with zero attached hydrogens (tertiary/aromatic N) is 2. The van der Waals surface area contributed by atoms with Crippen LogP contribution < -0.4 is 15.8 Å². The van der Waals surface area contributed by atoms with Crippen LogP contribution in [-0.2, 0) is 40.6 Å². The van der Waals surface area contributed by atoms with Gasteiger partial charge in [-0.3, -0.25) is 24.6 Å². The van der Waals surface area contributed by atoms with Crippen molar-refractivity contribution in [2.45, 2.75) is 45.1 Å². The summed E-state index contributed by atoms with van der Waals surface area (Å²) in [5.74, 6) is -0.358. The lowest BCUT2D eigenvalue weighted by Crippen LogP contribution is -2.52. The van der Waals surface area contributed by atoms with E-state index in [2.05, 4.69) is 34.5 Å². The highest BCUT2D eigenvalue weighted by Gasteiger charge is 2.40. The maximum absolute atomic E-state index is 13.1. The molecule has 184 valence electrons. The Bertz CT molecular complexity index is 1130. The van der Waals surface area contributed by atoms with Crippen LogP contribution in [0.5, 0.6) is 5.75 Å². The van der Waals surface area contributed by atoms with E-state index in [4.69, 9.17) is 15.2 Å². The summed E-state index contributed by atoms with van der Waals surface area (Å²) in [4.78, 5) is 40.9. The topological polar surface area (TPSA) is 114 Å². The number of piperidine rings is 1. The summed E-state index contributed by atoms with van der Waals surface area (Å²) in [7, 11) is 0. The lowest BCUT2D eigenvalue weighted by molar-refractivity contribution is -0.136. The summed E-state index contributed by atoms with van der Waals surface area (Å²) in [6, 6.07) is 11.2. The Morgan fingerprint density at radius 1 is 1.03 bits per heavy atom. The molecule has 3 N–H and O–H groups in total. The Labute approximate surface area is 204 Å². The number of benzene rings is 2. The molecule has 0 spiro atoms. The van der Waals surface area contributed by atoms with Crippen LogP contribution in [0.1, 0.15) is 45.5 Å². The Balaban J connectivity index is 1.29. The molecule has 2 saturated heterocycles. The summed E-state index contributed by atoms with van der Waals surface area (Å²) in [5.41, 5.74) is 10.3. The van der Waals surface area contributed by atoms with Crippen molar-refractivity contribution in [3.8, 4) is 5.75 Å². The third-order valence-corrected chi connectivity index (χ3v) is 6.88. The van der Waals surface area contributed by atoms with Gasteiger partial charge < -0.3 is 20.1 Å². The predicted octanol–water partition coefficient (Wildman–Crippen LogP) is 1.32. The molecule has 0 saturated carbocycles. The van der Waals surface area contributed by atoms with Gasteiger partial charge in [0.15, 0.2) is 0 Å². The fraction of sp³-hybridized carbons (Fsp3) is 0.423. The minimum Gasteiger partial charge on any atom is -0.488 e. The second kappa shape index (κ2) is 10.2. The highest BCUT2D eigenvalue weighted by Crippen LogP contribution is 2.36. The van der Waals surface area contributed by atoms with Crippen LogP contribution in [0.15, 0.2) is 36.4 Å². The number of nitrogens with two attached hydrogens (primary N) is 1. The SMILES string of the molecule is NCc1ccc2c(c1OCc1ccc(CN3CCOCC3)cc1)CN(C1CCC(=O)NC1=O)C2=O. The van der Waals surface area contributed by atoms with Crippen LogP contribution in [0.3, 0.4) is 0 Å². The molecule has 9 heteroatoms. The molecule has 0 radical (unpaired) electrons. The van der Waals surface area contributed by atoms with Gasteiger partial charge in [-0.05, 0) is 23.6 Å². The van der Waals surface area contributed by atoms with Crippen LogP contribution >= 0.6 is 0 Å². The normalized spacial score (nSPS) is 20.7. The van der Waals surface area contributed by atoms with Crippen molar-refractivity contribution in [3.63, 3.8) is 0 Å². The average molecular weight is 479 g/mol. The minimum absolute atomic E-state index is 0.218. The highest BCUT2D eigenvalue weighted by molar-refractivity contribution is 6.05. The van der Waals surface area contributed by atoms with E-state index in [1.54, 1.807) is 6.07 Å². The Morgan fingerprint density at radius 3 is 2.49 bits per heavy atom. The van der Waals surface area contributed by atoms with Crippen LogP contribution in [-0.4, -0.2) is 59.9 Å². The number of hydrogen-bond acceptors (Lipinski definition) is 7. The van der Waals surface area contributed by atoms with Gasteiger partial charge in [0.1, 0.15) is 18.4 Å². The summed E-state index contributed by atoms with van der Waals surface area (Å²) in [5, 5.41) is 2.34. The zero-order valence-electron chi connectivity index (χ0n) is 19.6. The number of carbonyl (C=O) groups excluding carboxylic acids is 3. The number of ether oxygens (including phenoxy) is 2. The first-order valence-electron chi connectivity index (χ1n) is 12.0. The number of nitrogens with one attached hydrogen (secondary N) is 1. The van der Waals surface area contributed by atoms with Crippen molar-refractivity contribution < 1.29 is 23.9 Å². The van der Waals surface area contributed by atoms with E-state index in [-0.39, 0.29) is 31.3 Å². The van der Waals surface area contributed by atoms with Crippen molar-refractivity contribution in [3.05, 3.63) is 64.2 Å². The van der Waals surface area contributed by atoms with Crippen molar-refractivity contribution in [2.75, 3.05) is 26.3 Å². The highest BCUT2D eigenvalue weighted by atomic mass is 16.5. The minimum atomic E-state index is -0.666. The number of imide groups is 1. The number of carbonyl (C=O) groups is 3. The molecule has 3 heterocycles. The third-order valence-electron chi connectivity index (χ3n) is 6.88. The number of rotatable bonds is 7. The van der Waals surface area contributed by atoms with Crippen molar-refractivity contribution in [2.24, 2.45) is 5.73 Å². The largest absolute Gasteiger partial charge is 0.488 e. The van der Waals surface area contributed by atoms with Gasteiger partial charge in [0, 0.05) is 49.3 Å². The van der Waals surface area contributed by atoms with Gasteiger partial charge in [-0.25, -0.2) is 0 Å². The Hall–Kier alpha value is -3.27. The molecule has 0 aliphatic carbocycles. The second-order valence-electron chi connectivity index (χ2n) is 9.18. The zero-order chi connectivity index (χ0) is 24.4. The Kier molecular flexibility index (Phi) is 6.81.